The number of aromatic nitrogens is 3. The molecule has 2 aromatic heterocycles. The summed E-state index contributed by atoms with van der Waals surface area (Å²) in [6, 6.07) is 12.7. The van der Waals surface area contributed by atoms with Gasteiger partial charge in [-0.3, -0.25) is 10.1 Å². The summed E-state index contributed by atoms with van der Waals surface area (Å²) >= 11 is 6.13. The Morgan fingerprint density at radius 2 is 2.04 bits per heavy atom. The molecule has 1 N–H and O–H groups in total. The summed E-state index contributed by atoms with van der Waals surface area (Å²) < 4.78 is 11.0. The Kier molecular flexibility index (Phi) is 4.41. The molecule has 0 bridgehead atoms. The van der Waals surface area contributed by atoms with Crippen molar-refractivity contribution >= 4 is 39.4 Å². The largest absolute Gasteiger partial charge is 0.489 e. The number of carbonyl (C=O) groups is 1. The second-order valence-electron chi connectivity index (χ2n) is 5.60. The number of para-hydroxylation sites is 1. The highest BCUT2D eigenvalue weighted by molar-refractivity contribution is 6.35. The first-order valence-electron chi connectivity index (χ1n) is 7.99. The van der Waals surface area contributed by atoms with Crippen molar-refractivity contribution < 1.29 is 14.3 Å². The SMILES string of the molecule is O=C(OCCOc1ccnc2ccccc12)c1cc(Cl)c2[nH]ncc2c1. The number of pyridine rings is 1. The van der Waals surface area contributed by atoms with Gasteiger partial charge in [-0.25, -0.2) is 4.79 Å². The quantitative estimate of drug-likeness (QED) is 0.426. The number of fused-ring (bicyclic) bond motifs is 2. The lowest BCUT2D eigenvalue weighted by Gasteiger charge is -2.09. The average molecular weight is 368 g/mol. The number of nitrogens with one attached hydrogen (secondary N) is 1. The predicted octanol–water partition coefficient (Wildman–Crippen LogP) is 4.00. The van der Waals surface area contributed by atoms with E-state index in [1.807, 2.05) is 24.3 Å². The third-order valence-corrected chi connectivity index (χ3v) is 4.22. The number of hydrogen-bond acceptors (Lipinski definition) is 5. The van der Waals surface area contributed by atoms with Gasteiger partial charge in [0.1, 0.15) is 19.0 Å². The number of halogens is 1. The van der Waals surface area contributed by atoms with Gasteiger partial charge in [-0.05, 0) is 30.3 Å². The Morgan fingerprint density at radius 3 is 2.96 bits per heavy atom. The Balaban J connectivity index is 1.38. The molecule has 0 radical (unpaired) electrons. The summed E-state index contributed by atoms with van der Waals surface area (Å²) in [6.07, 6.45) is 3.29. The molecule has 0 fully saturated rings. The van der Waals surface area contributed by atoms with Gasteiger partial charge >= 0.3 is 5.97 Å². The minimum absolute atomic E-state index is 0.122. The summed E-state index contributed by atoms with van der Waals surface area (Å²) in [5.74, 6) is 0.243. The van der Waals surface area contributed by atoms with E-state index >= 15 is 0 Å². The van der Waals surface area contributed by atoms with E-state index in [4.69, 9.17) is 21.1 Å². The van der Waals surface area contributed by atoms with Gasteiger partial charge in [0.15, 0.2) is 0 Å². The number of nitrogens with zero attached hydrogens (tertiary/aromatic N) is 2. The summed E-state index contributed by atoms with van der Waals surface area (Å²) in [7, 11) is 0. The van der Waals surface area contributed by atoms with Gasteiger partial charge in [-0.1, -0.05) is 23.7 Å². The zero-order valence-electron chi connectivity index (χ0n) is 13.6. The Hall–Kier alpha value is -3.12. The second kappa shape index (κ2) is 7.01. The van der Waals surface area contributed by atoms with Crippen LogP contribution in [0.5, 0.6) is 5.75 Å². The molecule has 26 heavy (non-hydrogen) atoms. The fraction of sp³-hybridized carbons (Fsp3) is 0.105. The zero-order chi connectivity index (χ0) is 17.9. The molecule has 0 aliphatic rings. The standard InChI is InChI=1S/C19H14ClN3O3/c20-15-10-12(9-13-11-22-23-18(13)15)19(24)26-8-7-25-17-5-6-21-16-4-2-1-3-14(16)17/h1-6,9-11H,7-8H2,(H,22,23). The highest BCUT2D eigenvalue weighted by atomic mass is 35.5. The Morgan fingerprint density at radius 1 is 1.15 bits per heavy atom. The number of rotatable bonds is 5. The molecule has 0 unspecified atom stereocenters. The number of aromatic amines is 1. The van der Waals surface area contributed by atoms with Crippen molar-refractivity contribution in [2.24, 2.45) is 0 Å². The normalized spacial score (nSPS) is 11.0. The molecule has 4 rings (SSSR count). The lowest BCUT2D eigenvalue weighted by Crippen LogP contribution is -2.12. The molecule has 0 aliphatic carbocycles. The van der Waals surface area contributed by atoms with Crippen molar-refractivity contribution in [3.05, 3.63) is 65.4 Å². The lowest BCUT2D eigenvalue weighted by atomic mass is 10.1. The van der Waals surface area contributed by atoms with Gasteiger partial charge in [-0.15, -0.1) is 0 Å². The molecule has 4 aromatic rings. The lowest BCUT2D eigenvalue weighted by molar-refractivity contribution is 0.0451. The van der Waals surface area contributed by atoms with E-state index in [0.717, 1.165) is 16.3 Å². The molecule has 0 saturated carbocycles. The first-order valence-corrected chi connectivity index (χ1v) is 8.36. The molecule has 6 nitrogen and oxygen atoms in total. The summed E-state index contributed by atoms with van der Waals surface area (Å²) in [5.41, 5.74) is 1.92. The number of esters is 1. The van der Waals surface area contributed by atoms with Crippen LogP contribution in [-0.2, 0) is 4.74 Å². The van der Waals surface area contributed by atoms with Gasteiger partial charge in [0, 0.05) is 17.0 Å². The molecule has 2 heterocycles. The van der Waals surface area contributed by atoms with E-state index in [0.29, 0.717) is 21.9 Å². The van der Waals surface area contributed by atoms with Crippen LogP contribution in [0.3, 0.4) is 0 Å². The van der Waals surface area contributed by atoms with Crippen molar-refractivity contribution in [2.45, 2.75) is 0 Å². The average Bonchev–Trinajstić information content (AvgIpc) is 3.14. The summed E-state index contributed by atoms with van der Waals surface area (Å²) in [4.78, 5) is 16.5. The van der Waals surface area contributed by atoms with Crippen molar-refractivity contribution in [1.82, 2.24) is 15.2 Å². The molecular weight excluding hydrogens is 354 g/mol. The van der Waals surface area contributed by atoms with Crippen LogP contribution in [0.1, 0.15) is 10.4 Å². The second-order valence-corrected chi connectivity index (χ2v) is 6.01. The van der Waals surface area contributed by atoms with Crippen LogP contribution in [0.25, 0.3) is 21.8 Å². The predicted molar refractivity (Wildman–Crippen MR) is 98.6 cm³/mol. The van der Waals surface area contributed by atoms with Gasteiger partial charge in [0.25, 0.3) is 0 Å². The molecule has 7 heteroatoms. The van der Waals surface area contributed by atoms with Gasteiger partial charge in [0.05, 0.1) is 27.8 Å². The highest BCUT2D eigenvalue weighted by Crippen LogP contribution is 2.24. The number of carbonyl (C=O) groups excluding carboxylic acids is 1. The Bertz CT molecular complexity index is 1090. The Labute approximate surface area is 153 Å². The maximum Gasteiger partial charge on any atom is 0.338 e. The zero-order valence-corrected chi connectivity index (χ0v) is 14.4. The van der Waals surface area contributed by atoms with E-state index in [1.54, 1.807) is 30.6 Å². The van der Waals surface area contributed by atoms with Crippen LogP contribution < -0.4 is 4.74 Å². The van der Waals surface area contributed by atoms with E-state index in [-0.39, 0.29) is 13.2 Å². The fourth-order valence-electron chi connectivity index (χ4n) is 2.70. The van der Waals surface area contributed by atoms with Crippen LogP contribution in [0, 0.1) is 0 Å². The van der Waals surface area contributed by atoms with Crippen molar-refractivity contribution in [1.29, 1.82) is 0 Å². The van der Waals surface area contributed by atoms with Crippen molar-refractivity contribution in [2.75, 3.05) is 13.2 Å². The van der Waals surface area contributed by atoms with Gasteiger partial charge in [0.2, 0.25) is 0 Å². The summed E-state index contributed by atoms with van der Waals surface area (Å²) in [6.45, 7) is 0.359. The van der Waals surface area contributed by atoms with Crippen LogP contribution in [0.2, 0.25) is 5.02 Å². The van der Waals surface area contributed by atoms with E-state index in [9.17, 15) is 4.79 Å². The highest BCUT2D eigenvalue weighted by Gasteiger charge is 2.12. The monoisotopic (exact) mass is 367 g/mol. The number of ether oxygens (including phenoxy) is 2. The minimum atomic E-state index is -0.460. The third-order valence-electron chi connectivity index (χ3n) is 3.92. The molecule has 0 saturated heterocycles. The van der Waals surface area contributed by atoms with Crippen LogP contribution in [-0.4, -0.2) is 34.4 Å². The van der Waals surface area contributed by atoms with Crippen molar-refractivity contribution in [3.8, 4) is 5.75 Å². The number of H-pyrrole nitrogens is 1. The number of hydrogen-bond donors (Lipinski definition) is 1. The molecule has 0 amide bonds. The van der Waals surface area contributed by atoms with E-state index in [2.05, 4.69) is 15.2 Å². The molecule has 0 spiro atoms. The minimum Gasteiger partial charge on any atom is -0.489 e. The molecule has 130 valence electrons. The number of benzene rings is 2. The molecule has 2 aromatic carbocycles. The molecule has 0 aliphatic heterocycles. The third kappa shape index (κ3) is 3.19. The first kappa shape index (κ1) is 16.4. The smallest absolute Gasteiger partial charge is 0.338 e. The van der Waals surface area contributed by atoms with E-state index in [1.165, 1.54) is 0 Å². The van der Waals surface area contributed by atoms with Crippen LogP contribution in [0.4, 0.5) is 0 Å². The van der Waals surface area contributed by atoms with E-state index < -0.39 is 5.97 Å². The first-order chi connectivity index (χ1) is 12.7. The summed E-state index contributed by atoms with van der Waals surface area (Å²) in [5, 5.41) is 8.78. The maximum absolute atomic E-state index is 12.2. The van der Waals surface area contributed by atoms with Crippen LogP contribution in [0.15, 0.2) is 54.9 Å². The van der Waals surface area contributed by atoms with Gasteiger partial charge in [-0.2, -0.15) is 5.10 Å². The maximum atomic E-state index is 12.2. The van der Waals surface area contributed by atoms with Crippen molar-refractivity contribution in [3.63, 3.8) is 0 Å². The molecular formula is C19H14ClN3O3. The molecule has 0 atom stereocenters. The van der Waals surface area contributed by atoms with Crippen LogP contribution >= 0.6 is 11.6 Å². The topological polar surface area (TPSA) is 77.1 Å². The van der Waals surface area contributed by atoms with Gasteiger partial charge < -0.3 is 9.47 Å². The fourth-order valence-corrected chi connectivity index (χ4v) is 2.97.